The molecule has 0 aromatic rings. The fraction of sp³-hybridized carbons (Fsp3) is 0.625. The van der Waals surface area contributed by atoms with Crippen LogP contribution in [0.2, 0.25) is 0 Å². The van der Waals surface area contributed by atoms with Crippen LogP contribution < -0.4 is 0 Å². The number of allylic oxidation sites excluding steroid dienone is 1. The van der Waals surface area contributed by atoms with Crippen LogP contribution in [-0.4, -0.2) is 18.7 Å². The van der Waals surface area contributed by atoms with Gasteiger partial charge in [-0.15, -0.1) is 0 Å². The fourth-order valence-electron chi connectivity index (χ4n) is 0.943. The van der Waals surface area contributed by atoms with Gasteiger partial charge in [-0.05, 0) is 25.8 Å². The monoisotopic (exact) mass is 156 g/mol. The Hall–Kier alpha value is -0.990. The van der Waals surface area contributed by atoms with Gasteiger partial charge in [0, 0.05) is 0 Å². The molecular formula is C8H12O3. The molecule has 0 fully saturated rings. The minimum atomic E-state index is -0.375. The van der Waals surface area contributed by atoms with E-state index in [4.69, 9.17) is 9.47 Å². The van der Waals surface area contributed by atoms with E-state index in [1.54, 1.807) is 13.2 Å². The lowest BCUT2D eigenvalue weighted by atomic mass is 10.2. The average Bonchev–Trinajstić information content (AvgIpc) is 2.07. The average molecular weight is 156 g/mol. The van der Waals surface area contributed by atoms with E-state index in [-0.39, 0.29) is 12.1 Å². The first-order valence-corrected chi connectivity index (χ1v) is 3.81. The third kappa shape index (κ3) is 2.26. The molecule has 1 heterocycles. The van der Waals surface area contributed by atoms with Crippen LogP contribution in [0, 0.1) is 0 Å². The highest BCUT2D eigenvalue weighted by atomic mass is 16.6. The number of carbonyl (C=O) groups is 1. The highest BCUT2D eigenvalue weighted by Gasteiger charge is 2.20. The van der Waals surface area contributed by atoms with Crippen molar-refractivity contribution in [2.45, 2.75) is 25.9 Å². The highest BCUT2D eigenvalue weighted by molar-refractivity contribution is 5.74. The standard InChI is InChI=1S/C8H12O3/c1-2-10-8(9)7-5-3-4-6-11-7/h4,6-7H,2-3,5H2,1H3/t7-/m1/s1. The Balaban J connectivity index is 2.34. The smallest absolute Gasteiger partial charge is 0.347 e. The summed E-state index contributed by atoms with van der Waals surface area (Å²) in [5, 5.41) is 0. The summed E-state index contributed by atoms with van der Waals surface area (Å²) >= 11 is 0. The van der Waals surface area contributed by atoms with Crippen molar-refractivity contribution in [2.24, 2.45) is 0 Å². The Morgan fingerprint density at radius 1 is 1.82 bits per heavy atom. The Morgan fingerprint density at radius 3 is 3.18 bits per heavy atom. The number of hydrogen-bond acceptors (Lipinski definition) is 3. The maximum atomic E-state index is 11.0. The molecule has 1 aliphatic heterocycles. The maximum Gasteiger partial charge on any atom is 0.347 e. The van der Waals surface area contributed by atoms with E-state index in [0.29, 0.717) is 6.61 Å². The Bertz CT molecular complexity index is 163. The van der Waals surface area contributed by atoms with E-state index in [1.165, 1.54) is 0 Å². The van der Waals surface area contributed by atoms with Gasteiger partial charge >= 0.3 is 5.97 Å². The van der Waals surface area contributed by atoms with Crippen molar-refractivity contribution < 1.29 is 14.3 Å². The summed E-state index contributed by atoms with van der Waals surface area (Å²) in [5.74, 6) is -0.253. The molecule has 0 spiro atoms. The lowest BCUT2D eigenvalue weighted by Crippen LogP contribution is -2.26. The third-order valence-electron chi connectivity index (χ3n) is 1.48. The van der Waals surface area contributed by atoms with Crippen molar-refractivity contribution in [1.29, 1.82) is 0 Å². The summed E-state index contributed by atoms with van der Waals surface area (Å²) in [6.45, 7) is 2.21. The fourth-order valence-corrected chi connectivity index (χ4v) is 0.943. The maximum absolute atomic E-state index is 11.0. The number of ether oxygens (including phenoxy) is 2. The molecule has 0 aromatic carbocycles. The van der Waals surface area contributed by atoms with Gasteiger partial charge in [0.1, 0.15) is 0 Å². The predicted octanol–water partition coefficient (Wildman–Crippen LogP) is 1.24. The number of rotatable bonds is 2. The summed E-state index contributed by atoms with van der Waals surface area (Å²) in [6.07, 6.45) is 4.71. The molecule has 1 aliphatic rings. The molecule has 3 heteroatoms. The zero-order valence-corrected chi connectivity index (χ0v) is 6.58. The van der Waals surface area contributed by atoms with Gasteiger partial charge in [0.05, 0.1) is 12.9 Å². The van der Waals surface area contributed by atoms with E-state index in [1.807, 2.05) is 6.08 Å². The molecule has 1 rings (SSSR count). The topological polar surface area (TPSA) is 35.5 Å². The SMILES string of the molecule is CCOC(=O)[C@H]1CCC=CO1. The van der Waals surface area contributed by atoms with Gasteiger partial charge < -0.3 is 9.47 Å². The van der Waals surface area contributed by atoms with Gasteiger partial charge in [-0.25, -0.2) is 4.79 Å². The molecule has 0 aliphatic carbocycles. The van der Waals surface area contributed by atoms with E-state index in [9.17, 15) is 4.79 Å². The van der Waals surface area contributed by atoms with Gasteiger partial charge in [-0.2, -0.15) is 0 Å². The van der Waals surface area contributed by atoms with Gasteiger partial charge in [-0.1, -0.05) is 0 Å². The van der Waals surface area contributed by atoms with Crippen molar-refractivity contribution >= 4 is 5.97 Å². The first kappa shape index (κ1) is 8.11. The highest BCUT2D eigenvalue weighted by Crippen LogP contribution is 2.11. The van der Waals surface area contributed by atoms with Gasteiger partial charge in [0.2, 0.25) is 0 Å². The number of esters is 1. The molecule has 0 saturated carbocycles. The number of hydrogen-bond donors (Lipinski definition) is 0. The molecule has 0 unspecified atom stereocenters. The van der Waals surface area contributed by atoms with Crippen molar-refractivity contribution in [3.05, 3.63) is 12.3 Å². The second-order valence-electron chi connectivity index (χ2n) is 2.33. The van der Waals surface area contributed by atoms with Crippen LogP contribution >= 0.6 is 0 Å². The normalized spacial score (nSPS) is 22.5. The minimum absolute atomic E-state index is 0.253. The molecule has 0 bridgehead atoms. The summed E-state index contributed by atoms with van der Waals surface area (Å²) in [6, 6.07) is 0. The summed E-state index contributed by atoms with van der Waals surface area (Å²) in [7, 11) is 0. The van der Waals surface area contributed by atoms with Crippen LogP contribution in [0.4, 0.5) is 0 Å². The first-order valence-electron chi connectivity index (χ1n) is 3.81. The molecule has 0 amide bonds. The van der Waals surface area contributed by atoms with Crippen molar-refractivity contribution in [3.63, 3.8) is 0 Å². The van der Waals surface area contributed by atoms with E-state index < -0.39 is 0 Å². The van der Waals surface area contributed by atoms with Crippen molar-refractivity contribution in [1.82, 2.24) is 0 Å². The van der Waals surface area contributed by atoms with Crippen molar-refractivity contribution in [2.75, 3.05) is 6.61 Å². The van der Waals surface area contributed by atoms with Crippen LogP contribution in [0.5, 0.6) is 0 Å². The van der Waals surface area contributed by atoms with Crippen LogP contribution in [0.3, 0.4) is 0 Å². The molecule has 0 aromatic heterocycles. The zero-order chi connectivity index (χ0) is 8.10. The van der Waals surface area contributed by atoms with E-state index >= 15 is 0 Å². The Kier molecular flexibility index (Phi) is 2.95. The Labute approximate surface area is 66.0 Å². The second-order valence-corrected chi connectivity index (χ2v) is 2.33. The summed E-state index contributed by atoms with van der Waals surface area (Å²) in [4.78, 5) is 11.0. The molecule has 0 N–H and O–H groups in total. The molecule has 11 heavy (non-hydrogen) atoms. The molecular weight excluding hydrogens is 144 g/mol. The minimum Gasteiger partial charge on any atom is -0.487 e. The lowest BCUT2D eigenvalue weighted by molar-refractivity contribution is -0.154. The Morgan fingerprint density at radius 2 is 2.64 bits per heavy atom. The van der Waals surface area contributed by atoms with Crippen molar-refractivity contribution in [3.8, 4) is 0 Å². The van der Waals surface area contributed by atoms with E-state index in [0.717, 1.165) is 12.8 Å². The van der Waals surface area contributed by atoms with Crippen LogP contribution in [0.25, 0.3) is 0 Å². The van der Waals surface area contributed by atoms with Crippen LogP contribution in [0.1, 0.15) is 19.8 Å². The summed E-state index contributed by atoms with van der Waals surface area (Å²) in [5.41, 5.74) is 0. The first-order chi connectivity index (χ1) is 5.34. The van der Waals surface area contributed by atoms with Crippen LogP contribution in [0.15, 0.2) is 12.3 Å². The number of carbonyl (C=O) groups excluding carboxylic acids is 1. The molecule has 0 saturated heterocycles. The summed E-state index contributed by atoms with van der Waals surface area (Å²) < 4.78 is 9.82. The van der Waals surface area contributed by atoms with Gasteiger partial charge in [0.25, 0.3) is 0 Å². The quantitative estimate of drug-likeness (QED) is 0.564. The predicted molar refractivity (Wildman–Crippen MR) is 39.9 cm³/mol. The third-order valence-corrected chi connectivity index (χ3v) is 1.48. The largest absolute Gasteiger partial charge is 0.487 e. The van der Waals surface area contributed by atoms with Gasteiger partial charge in [0.15, 0.2) is 6.10 Å². The molecule has 1 atom stereocenters. The van der Waals surface area contributed by atoms with Crippen LogP contribution in [-0.2, 0) is 14.3 Å². The molecule has 3 nitrogen and oxygen atoms in total. The van der Waals surface area contributed by atoms with Gasteiger partial charge in [-0.3, -0.25) is 0 Å². The van der Waals surface area contributed by atoms with E-state index in [2.05, 4.69) is 0 Å². The molecule has 0 radical (unpaired) electrons. The molecule has 62 valence electrons. The lowest BCUT2D eigenvalue weighted by Gasteiger charge is -2.16. The second kappa shape index (κ2) is 4.01. The zero-order valence-electron chi connectivity index (χ0n) is 6.58.